The molecule has 0 aromatic heterocycles. The van der Waals surface area contributed by atoms with E-state index >= 15 is 0 Å². The topological polar surface area (TPSA) is 39.7 Å². The van der Waals surface area contributed by atoms with Crippen molar-refractivity contribution in [1.82, 2.24) is 15.5 Å². The zero-order chi connectivity index (χ0) is 13.2. The van der Waals surface area contributed by atoms with Crippen LogP contribution in [-0.4, -0.2) is 49.6 Å². The summed E-state index contributed by atoms with van der Waals surface area (Å²) in [7, 11) is 0. The van der Waals surface area contributed by atoms with Crippen LogP contribution >= 0.6 is 24.0 Å². The van der Waals surface area contributed by atoms with Gasteiger partial charge in [0.05, 0.1) is 0 Å². The lowest BCUT2D eigenvalue weighted by Gasteiger charge is -2.15. The van der Waals surface area contributed by atoms with Gasteiger partial charge in [0.1, 0.15) is 0 Å². The predicted molar refractivity (Wildman–Crippen MR) is 94.6 cm³/mol. The van der Waals surface area contributed by atoms with E-state index in [0.717, 1.165) is 19.0 Å². The summed E-state index contributed by atoms with van der Waals surface area (Å²) in [6, 6.07) is 0.437. The number of unbranched alkanes of at least 4 members (excludes halogenated alkanes) is 1. The van der Waals surface area contributed by atoms with Crippen LogP contribution in [0.1, 0.15) is 46.5 Å². The molecule has 1 saturated heterocycles. The van der Waals surface area contributed by atoms with Crippen molar-refractivity contribution in [2.45, 2.75) is 52.5 Å². The number of halogens is 1. The highest BCUT2D eigenvalue weighted by Gasteiger charge is 2.09. The van der Waals surface area contributed by atoms with E-state index in [9.17, 15) is 0 Å². The van der Waals surface area contributed by atoms with Gasteiger partial charge < -0.3 is 15.5 Å². The Hall–Kier alpha value is -0.0400. The van der Waals surface area contributed by atoms with Crippen LogP contribution in [0.3, 0.4) is 0 Å². The van der Waals surface area contributed by atoms with Gasteiger partial charge in [0.2, 0.25) is 0 Å². The second kappa shape index (κ2) is 11.8. The van der Waals surface area contributed by atoms with Crippen LogP contribution in [0.5, 0.6) is 0 Å². The third-order valence-corrected chi connectivity index (χ3v) is 3.12. The average Bonchev–Trinajstić information content (AvgIpc) is 2.81. The Kier molecular flexibility index (Phi) is 11.7. The Morgan fingerprint density at radius 3 is 2.47 bits per heavy atom. The summed E-state index contributed by atoms with van der Waals surface area (Å²) in [5.41, 5.74) is 0. The standard InChI is InChI=1S/C14H30N4.HI/c1-4-15-14(17-13(2)3)16-9-5-6-10-18-11-7-8-12-18;/h13H,4-12H2,1-3H3,(H2,15,16,17);1H. The first-order valence-electron chi connectivity index (χ1n) is 7.49. The van der Waals surface area contributed by atoms with Gasteiger partial charge in [0.25, 0.3) is 0 Å². The lowest BCUT2D eigenvalue weighted by molar-refractivity contribution is 0.331. The molecule has 0 atom stereocenters. The monoisotopic (exact) mass is 382 g/mol. The third-order valence-electron chi connectivity index (χ3n) is 3.12. The minimum absolute atomic E-state index is 0. The van der Waals surface area contributed by atoms with Crippen LogP contribution in [-0.2, 0) is 0 Å². The van der Waals surface area contributed by atoms with Crippen molar-refractivity contribution in [3.8, 4) is 0 Å². The second-order valence-electron chi connectivity index (χ2n) is 5.32. The second-order valence-corrected chi connectivity index (χ2v) is 5.32. The van der Waals surface area contributed by atoms with Crippen LogP contribution in [0.2, 0.25) is 0 Å². The number of nitrogens with one attached hydrogen (secondary N) is 2. The number of rotatable bonds is 7. The quantitative estimate of drug-likeness (QED) is 0.308. The van der Waals surface area contributed by atoms with Crippen LogP contribution in [0.15, 0.2) is 4.99 Å². The van der Waals surface area contributed by atoms with E-state index in [1.807, 2.05) is 0 Å². The van der Waals surface area contributed by atoms with E-state index in [2.05, 4.69) is 41.3 Å². The van der Waals surface area contributed by atoms with Crippen LogP contribution in [0.4, 0.5) is 0 Å². The minimum Gasteiger partial charge on any atom is -0.357 e. The van der Waals surface area contributed by atoms with Gasteiger partial charge in [0, 0.05) is 19.1 Å². The van der Waals surface area contributed by atoms with E-state index in [0.29, 0.717) is 6.04 Å². The molecule has 0 bridgehead atoms. The van der Waals surface area contributed by atoms with Gasteiger partial charge in [-0.1, -0.05) is 0 Å². The smallest absolute Gasteiger partial charge is 0.191 e. The van der Waals surface area contributed by atoms with Crippen LogP contribution in [0.25, 0.3) is 0 Å². The van der Waals surface area contributed by atoms with Crippen molar-refractivity contribution in [2.24, 2.45) is 4.99 Å². The Labute approximate surface area is 135 Å². The van der Waals surface area contributed by atoms with E-state index in [1.54, 1.807) is 0 Å². The number of hydrogen-bond donors (Lipinski definition) is 2. The summed E-state index contributed by atoms with van der Waals surface area (Å²) in [5.74, 6) is 0.952. The Balaban J connectivity index is 0.00000324. The highest BCUT2D eigenvalue weighted by molar-refractivity contribution is 14.0. The Morgan fingerprint density at radius 2 is 1.89 bits per heavy atom. The van der Waals surface area contributed by atoms with Crippen molar-refractivity contribution in [3.63, 3.8) is 0 Å². The average molecular weight is 382 g/mol. The maximum absolute atomic E-state index is 4.59. The van der Waals surface area contributed by atoms with Crippen molar-refractivity contribution >= 4 is 29.9 Å². The van der Waals surface area contributed by atoms with Crippen molar-refractivity contribution in [3.05, 3.63) is 0 Å². The lowest BCUT2D eigenvalue weighted by atomic mass is 10.3. The molecule has 0 spiro atoms. The first-order valence-corrected chi connectivity index (χ1v) is 7.49. The summed E-state index contributed by atoms with van der Waals surface area (Å²) in [6.45, 7) is 12.1. The van der Waals surface area contributed by atoms with Crippen molar-refractivity contribution in [1.29, 1.82) is 0 Å². The molecule has 0 aromatic carbocycles. The summed E-state index contributed by atoms with van der Waals surface area (Å²) in [6.07, 6.45) is 5.23. The first-order chi connectivity index (χ1) is 8.72. The van der Waals surface area contributed by atoms with E-state index in [1.165, 1.54) is 45.3 Å². The Bertz CT molecular complexity index is 238. The molecule has 1 heterocycles. The largest absolute Gasteiger partial charge is 0.357 e. The Morgan fingerprint density at radius 1 is 1.21 bits per heavy atom. The highest BCUT2D eigenvalue weighted by Crippen LogP contribution is 2.08. The maximum atomic E-state index is 4.59. The maximum Gasteiger partial charge on any atom is 0.191 e. The van der Waals surface area contributed by atoms with Gasteiger partial charge in [-0.2, -0.15) is 0 Å². The molecule has 0 saturated carbocycles. The molecule has 0 aliphatic carbocycles. The van der Waals surface area contributed by atoms with Gasteiger partial charge in [-0.25, -0.2) is 0 Å². The molecule has 0 amide bonds. The van der Waals surface area contributed by atoms with E-state index in [4.69, 9.17) is 0 Å². The van der Waals surface area contributed by atoms with Crippen molar-refractivity contribution in [2.75, 3.05) is 32.7 Å². The third kappa shape index (κ3) is 9.49. The van der Waals surface area contributed by atoms with Crippen molar-refractivity contribution < 1.29 is 0 Å². The fourth-order valence-electron chi connectivity index (χ4n) is 2.24. The summed E-state index contributed by atoms with van der Waals surface area (Å²) >= 11 is 0. The molecule has 1 aliphatic rings. The minimum atomic E-state index is 0. The lowest BCUT2D eigenvalue weighted by Crippen LogP contribution is -2.41. The summed E-state index contributed by atoms with van der Waals surface area (Å²) in [5, 5.41) is 6.62. The van der Waals surface area contributed by atoms with E-state index in [-0.39, 0.29) is 24.0 Å². The number of nitrogens with zero attached hydrogens (tertiary/aromatic N) is 2. The summed E-state index contributed by atoms with van der Waals surface area (Å²) in [4.78, 5) is 7.16. The van der Waals surface area contributed by atoms with Gasteiger partial charge in [-0.15, -0.1) is 24.0 Å². The zero-order valence-corrected chi connectivity index (χ0v) is 15.1. The molecule has 0 aromatic rings. The zero-order valence-electron chi connectivity index (χ0n) is 12.7. The van der Waals surface area contributed by atoms with Gasteiger partial charge in [-0.05, 0) is 66.1 Å². The van der Waals surface area contributed by atoms with Crippen LogP contribution < -0.4 is 10.6 Å². The van der Waals surface area contributed by atoms with Gasteiger partial charge >= 0.3 is 0 Å². The SMILES string of the molecule is CCNC(=NCCCCN1CCCC1)NC(C)C.I. The normalized spacial score (nSPS) is 16.5. The molecule has 5 heteroatoms. The molecule has 2 N–H and O–H groups in total. The van der Waals surface area contributed by atoms with Gasteiger partial charge in [0.15, 0.2) is 5.96 Å². The molecular formula is C14H31IN4. The predicted octanol–water partition coefficient (Wildman–Crippen LogP) is 2.44. The fourth-order valence-corrected chi connectivity index (χ4v) is 2.24. The molecule has 0 radical (unpaired) electrons. The number of hydrogen-bond acceptors (Lipinski definition) is 2. The molecule has 1 fully saturated rings. The highest BCUT2D eigenvalue weighted by atomic mass is 127. The van der Waals surface area contributed by atoms with Gasteiger partial charge in [-0.3, -0.25) is 4.99 Å². The number of guanidine groups is 1. The first kappa shape index (κ1) is 19.0. The molecule has 1 rings (SSSR count). The fraction of sp³-hybridized carbons (Fsp3) is 0.929. The molecular weight excluding hydrogens is 351 g/mol. The molecule has 114 valence electrons. The van der Waals surface area contributed by atoms with Crippen LogP contribution in [0, 0.1) is 0 Å². The number of likely N-dealkylation sites (tertiary alicyclic amines) is 1. The summed E-state index contributed by atoms with van der Waals surface area (Å²) < 4.78 is 0. The molecule has 4 nitrogen and oxygen atoms in total. The molecule has 0 unspecified atom stereocenters. The molecule has 19 heavy (non-hydrogen) atoms. The molecule has 1 aliphatic heterocycles. The van der Waals surface area contributed by atoms with E-state index < -0.39 is 0 Å². The number of aliphatic imine (C=N–C) groups is 1.